The summed E-state index contributed by atoms with van der Waals surface area (Å²) in [6, 6.07) is 7.22. The number of nitrogens with one attached hydrogen (secondary N) is 1. The molecule has 1 aromatic carbocycles. The molecule has 1 amide bonds. The minimum absolute atomic E-state index is 0.102. The minimum atomic E-state index is -0.717. The summed E-state index contributed by atoms with van der Waals surface area (Å²) in [5.74, 6) is -1.56. The van der Waals surface area contributed by atoms with Gasteiger partial charge in [0.05, 0.1) is 11.8 Å². The van der Waals surface area contributed by atoms with Gasteiger partial charge in [-0.2, -0.15) is 0 Å². The number of rotatable bonds is 5. The van der Waals surface area contributed by atoms with Crippen molar-refractivity contribution in [2.45, 2.75) is 25.8 Å². The lowest BCUT2D eigenvalue weighted by Crippen LogP contribution is -2.30. The van der Waals surface area contributed by atoms with Gasteiger partial charge >= 0.3 is 5.88 Å². The molecule has 7 nitrogen and oxygen atoms in total. The quantitative estimate of drug-likeness (QED) is 0.662. The van der Waals surface area contributed by atoms with Crippen LogP contribution in [-0.2, 0) is 6.54 Å². The second kappa shape index (κ2) is 7.33. The number of hydrogen-bond donors (Lipinski definition) is 1. The molecule has 25 heavy (non-hydrogen) atoms. The number of halogens is 1. The molecule has 1 fully saturated rings. The number of benzene rings is 1. The topological polar surface area (TPSA) is 88.6 Å². The van der Waals surface area contributed by atoms with Crippen molar-refractivity contribution in [3.05, 3.63) is 57.6 Å². The maximum absolute atomic E-state index is 14.3. The second-order valence-electron chi connectivity index (χ2n) is 5.91. The molecule has 2 aromatic rings. The van der Waals surface area contributed by atoms with E-state index in [1.807, 2.05) is 4.90 Å². The van der Waals surface area contributed by atoms with Crippen molar-refractivity contribution >= 4 is 17.5 Å². The molecule has 1 aromatic heterocycles. The Morgan fingerprint density at radius 3 is 2.64 bits per heavy atom. The summed E-state index contributed by atoms with van der Waals surface area (Å²) in [6.45, 7) is 1.80. The third-order valence-electron chi connectivity index (χ3n) is 4.16. The van der Waals surface area contributed by atoms with Gasteiger partial charge in [0.25, 0.3) is 5.91 Å². The predicted octanol–water partition coefficient (Wildman–Crippen LogP) is 3.25. The molecule has 0 aliphatic carbocycles. The summed E-state index contributed by atoms with van der Waals surface area (Å²) in [5, 5.41) is 13.1. The summed E-state index contributed by atoms with van der Waals surface area (Å²) >= 11 is 0. The number of carbonyl (C=O) groups excluding carboxylic acids is 1. The van der Waals surface area contributed by atoms with Gasteiger partial charge in [0.15, 0.2) is 5.76 Å². The highest BCUT2D eigenvalue weighted by atomic mass is 19.1. The van der Waals surface area contributed by atoms with E-state index in [-0.39, 0.29) is 18.1 Å². The zero-order chi connectivity index (χ0) is 17.8. The van der Waals surface area contributed by atoms with Crippen LogP contribution < -0.4 is 10.2 Å². The highest BCUT2D eigenvalue weighted by Gasteiger charge is 2.18. The van der Waals surface area contributed by atoms with Crippen LogP contribution in [0.4, 0.5) is 16.0 Å². The van der Waals surface area contributed by atoms with Crippen molar-refractivity contribution in [3.8, 4) is 0 Å². The smallest absolute Gasteiger partial charge is 0.395 e. The number of piperidine rings is 1. The summed E-state index contributed by atoms with van der Waals surface area (Å²) in [6.07, 6.45) is 3.30. The van der Waals surface area contributed by atoms with Gasteiger partial charge in [0, 0.05) is 19.6 Å². The molecule has 1 aliphatic rings. The summed E-state index contributed by atoms with van der Waals surface area (Å²) in [7, 11) is 0. The molecule has 8 heteroatoms. The van der Waals surface area contributed by atoms with Crippen LogP contribution in [0.25, 0.3) is 0 Å². The van der Waals surface area contributed by atoms with E-state index < -0.39 is 16.7 Å². The van der Waals surface area contributed by atoms with Crippen LogP contribution >= 0.6 is 0 Å². The van der Waals surface area contributed by atoms with E-state index in [9.17, 15) is 19.3 Å². The molecule has 0 bridgehead atoms. The first-order valence-electron chi connectivity index (χ1n) is 8.10. The summed E-state index contributed by atoms with van der Waals surface area (Å²) < 4.78 is 19.2. The molecule has 1 aliphatic heterocycles. The lowest BCUT2D eigenvalue weighted by atomic mass is 10.1. The minimum Gasteiger partial charge on any atom is -0.395 e. The Morgan fingerprint density at radius 1 is 1.24 bits per heavy atom. The number of carbonyl (C=O) groups is 1. The Bertz CT molecular complexity index is 784. The highest BCUT2D eigenvalue weighted by molar-refractivity contribution is 5.91. The second-order valence-corrected chi connectivity index (χ2v) is 5.91. The molecule has 1 N–H and O–H groups in total. The Hall–Kier alpha value is -2.90. The molecule has 3 rings (SSSR count). The number of anilines is 1. The monoisotopic (exact) mass is 347 g/mol. The number of furan rings is 1. The van der Waals surface area contributed by atoms with E-state index in [2.05, 4.69) is 5.32 Å². The van der Waals surface area contributed by atoms with Crippen molar-refractivity contribution in [2.75, 3.05) is 18.0 Å². The standard InChI is InChI=1S/C17H18FN3O4/c18-13-10-12(4-5-14(13)20-8-2-1-3-9-20)11-19-17(22)15-6-7-16(25-15)21(23)24/h4-7,10H,1-3,8-9,11H2,(H,19,22). The van der Waals surface area contributed by atoms with E-state index in [0.717, 1.165) is 32.0 Å². The Labute approximate surface area is 143 Å². The zero-order valence-corrected chi connectivity index (χ0v) is 13.5. The predicted molar refractivity (Wildman–Crippen MR) is 89.0 cm³/mol. The Morgan fingerprint density at radius 2 is 2.00 bits per heavy atom. The average molecular weight is 347 g/mol. The van der Waals surface area contributed by atoms with Crippen LogP contribution in [0.5, 0.6) is 0 Å². The average Bonchev–Trinajstić information content (AvgIpc) is 3.11. The van der Waals surface area contributed by atoms with Gasteiger partial charge < -0.3 is 14.6 Å². The fraction of sp³-hybridized carbons (Fsp3) is 0.353. The molecule has 0 saturated carbocycles. The number of amides is 1. The van der Waals surface area contributed by atoms with E-state index in [0.29, 0.717) is 11.3 Å². The number of nitrogens with zero attached hydrogens (tertiary/aromatic N) is 2. The summed E-state index contributed by atoms with van der Waals surface area (Å²) in [4.78, 5) is 23.8. The molecule has 2 heterocycles. The largest absolute Gasteiger partial charge is 0.433 e. The molecule has 1 saturated heterocycles. The lowest BCUT2D eigenvalue weighted by molar-refractivity contribution is -0.402. The fourth-order valence-electron chi connectivity index (χ4n) is 2.87. The number of hydrogen-bond acceptors (Lipinski definition) is 5. The molecular weight excluding hydrogens is 329 g/mol. The molecule has 0 atom stereocenters. The third kappa shape index (κ3) is 3.96. The van der Waals surface area contributed by atoms with Gasteiger partial charge in [0.2, 0.25) is 0 Å². The van der Waals surface area contributed by atoms with Crippen molar-refractivity contribution in [1.82, 2.24) is 5.32 Å². The van der Waals surface area contributed by atoms with E-state index in [4.69, 9.17) is 4.42 Å². The molecule has 132 valence electrons. The molecule has 0 radical (unpaired) electrons. The molecule has 0 spiro atoms. The molecule has 0 unspecified atom stereocenters. The van der Waals surface area contributed by atoms with Crippen LogP contribution in [0.1, 0.15) is 35.4 Å². The van der Waals surface area contributed by atoms with Gasteiger partial charge in [-0.3, -0.25) is 14.9 Å². The highest BCUT2D eigenvalue weighted by Crippen LogP contribution is 2.24. The van der Waals surface area contributed by atoms with Gasteiger partial charge in [-0.05, 0) is 43.0 Å². The van der Waals surface area contributed by atoms with Crippen LogP contribution in [0, 0.1) is 15.9 Å². The van der Waals surface area contributed by atoms with Gasteiger partial charge in [-0.1, -0.05) is 6.07 Å². The normalized spacial score (nSPS) is 14.4. The van der Waals surface area contributed by atoms with Crippen LogP contribution in [0.2, 0.25) is 0 Å². The van der Waals surface area contributed by atoms with Crippen LogP contribution in [0.15, 0.2) is 34.7 Å². The van der Waals surface area contributed by atoms with Crippen molar-refractivity contribution in [2.24, 2.45) is 0 Å². The fourth-order valence-corrected chi connectivity index (χ4v) is 2.87. The van der Waals surface area contributed by atoms with Crippen LogP contribution in [-0.4, -0.2) is 23.9 Å². The SMILES string of the molecule is O=C(NCc1ccc(N2CCCCC2)c(F)c1)c1ccc([N+](=O)[O-])o1. The lowest BCUT2D eigenvalue weighted by Gasteiger charge is -2.29. The van der Waals surface area contributed by atoms with E-state index in [1.54, 1.807) is 12.1 Å². The van der Waals surface area contributed by atoms with Crippen molar-refractivity contribution in [1.29, 1.82) is 0 Å². The maximum Gasteiger partial charge on any atom is 0.433 e. The molecular formula is C17H18FN3O4. The van der Waals surface area contributed by atoms with Crippen molar-refractivity contribution in [3.63, 3.8) is 0 Å². The summed E-state index contributed by atoms with van der Waals surface area (Å²) in [5.41, 5.74) is 1.18. The van der Waals surface area contributed by atoms with Gasteiger partial charge in [0.1, 0.15) is 10.7 Å². The first-order chi connectivity index (χ1) is 12.0. The van der Waals surface area contributed by atoms with Gasteiger partial charge in [-0.15, -0.1) is 0 Å². The number of nitro groups is 1. The Balaban J connectivity index is 1.61. The van der Waals surface area contributed by atoms with Crippen LogP contribution in [0.3, 0.4) is 0 Å². The van der Waals surface area contributed by atoms with Gasteiger partial charge in [-0.25, -0.2) is 4.39 Å². The maximum atomic E-state index is 14.3. The van der Waals surface area contributed by atoms with E-state index in [1.165, 1.54) is 18.6 Å². The Kier molecular flexibility index (Phi) is 4.97. The first-order valence-corrected chi connectivity index (χ1v) is 8.10. The van der Waals surface area contributed by atoms with Crippen molar-refractivity contribution < 1.29 is 18.5 Å². The zero-order valence-electron chi connectivity index (χ0n) is 13.5. The van der Waals surface area contributed by atoms with E-state index >= 15 is 0 Å². The first kappa shape index (κ1) is 16.9. The third-order valence-corrected chi connectivity index (χ3v) is 4.16.